The Labute approximate surface area is 429 Å². The number of allylic oxidation sites excluding steroid dienone is 4. The van der Waals surface area contributed by atoms with Crippen LogP contribution in [-0.2, 0) is 27.1 Å². The molecule has 12 rings (SSSR count). The van der Waals surface area contributed by atoms with Crippen molar-refractivity contribution < 1.29 is 4.42 Å². The number of fused-ring (bicyclic) bond motifs is 9. The summed E-state index contributed by atoms with van der Waals surface area (Å²) in [6.45, 7) is 39.9. The summed E-state index contributed by atoms with van der Waals surface area (Å²) < 4.78 is 7.61. The molecule has 0 N–H and O–H groups in total. The maximum Gasteiger partial charge on any atom is 0.297 e. The highest BCUT2D eigenvalue weighted by Gasteiger charge is 2.57. The van der Waals surface area contributed by atoms with Gasteiger partial charge in [-0.05, 0) is 213 Å². The fourth-order valence-electron chi connectivity index (χ4n) is 16.1. The van der Waals surface area contributed by atoms with E-state index in [0.29, 0.717) is 35.1 Å². The lowest BCUT2D eigenvalue weighted by molar-refractivity contribution is -0.0698. The van der Waals surface area contributed by atoms with Gasteiger partial charge < -0.3 is 14.2 Å². The molecule has 5 aromatic rings. The van der Waals surface area contributed by atoms with Crippen molar-refractivity contribution in [2.24, 2.45) is 34.5 Å². The molecule has 0 saturated heterocycles. The topological polar surface area (TPSA) is 19.6 Å². The SMILES string of the molecule is Cc1cc2c3c(c1)N(C1CC4C(CC1C1C=CC=CC1)C(C)(C)CCC4(C)C)c1cc4c(cc1B3c1oc3ccc(C(C)(C)C)cc3c1N2c1ccc2c(c1)C(C)(C)CCC2(C)C)C(C)(C)CCC4(C)C. The van der Waals surface area contributed by atoms with Crippen molar-refractivity contribution in [2.45, 2.75) is 202 Å². The minimum atomic E-state index is -0.0555. The number of nitrogens with zero attached hydrogens (tertiary/aromatic N) is 2. The Kier molecular flexibility index (Phi) is 10.3. The van der Waals surface area contributed by atoms with Crippen LogP contribution in [0.1, 0.15) is 195 Å². The van der Waals surface area contributed by atoms with Gasteiger partial charge in [0.1, 0.15) is 5.58 Å². The first kappa shape index (κ1) is 47.6. The molecule has 2 saturated carbocycles. The molecule has 2 fully saturated rings. The summed E-state index contributed by atoms with van der Waals surface area (Å²) in [6.07, 6.45) is 20.7. The normalized spacial score (nSPS) is 27.8. The van der Waals surface area contributed by atoms with E-state index in [9.17, 15) is 0 Å². The standard InChI is InChI=1S/C67H85BN2O/c1-40-32-55-58-56(33-40)70(53-38-50-48(64(9,10)28-30-66(50,13)14)36-44(53)41-20-18-17-19-21-41)54-39-51-49(65(11,12)29-31-67(51,15)16)37-52(54)68(58)60-59(45-34-42(61(2,3)4)22-25-57(45)71-60)69(55)43-23-24-46-47(35-43)63(7,8)27-26-62(46,5)6/h17-20,22-25,32-35,37,39,41,44,48,50,53H,21,26-31,36,38H2,1-16H3. The minimum absolute atomic E-state index is 0.0166. The summed E-state index contributed by atoms with van der Waals surface area (Å²) in [5, 5.41) is 1.22. The van der Waals surface area contributed by atoms with Crippen molar-refractivity contribution in [2.75, 3.05) is 9.80 Å². The van der Waals surface area contributed by atoms with Crippen LogP contribution in [0.2, 0.25) is 0 Å². The van der Waals surface area contributed by atoms with Gasteiger partial charge in [0.2, 0.25) is 0 Å². The van der Waals surface area contributed by atoms with Crippen molar-refractivity contribution in [1.29, 1.82) is 0 Å². The number of hydrogen-bond acceptors (Lipinski definition) is 3. The van der Waals surface area contributed by atoms with E-state index >= 15 is 0 Å². The highest BCUT2D eigenvalue weighted by atomic mass is 16.3. The van der Waals surface area contributed by atoms with Gasteiger partial charge in [0.05, 0.1) is 11.3 Å². The molecule has 372 valence electrons. The highest BCUT2D eigenvalue weighted by molar-refractivity contribution is 6.99. The van der Waals surface area contributed by atoms with E-state index in [1.807, 2.05) is 0 Å². The van der Waals surface area contributed by atoms with E-state index in [4.69, 9.17) is 4.42 Å². The Balaban J connectivity index is 1.18. The number of furan rings is 1. The smallest absolute Gasteiger partial charge is 0.297 e. The largest absolute Gasteiger partial charge is 0.468 e. The second-order valence-corrected chi connectivity index (χ2v) is 29.5. The predicted molar refractivity (Wildman–Crippen MR) is 305 cm³/mol. The van der Waals surface area contributed by atoms with E-state index in [2.05, 4.69) is 206 Å². The van der Waals surface area contributed by atoms with Crippen molar-refractivity contribution in [1.82, 2.24) is 0 Å². The third-order valence-corrected chi connectivity index (χ3v) is 21.1. The lowest BCUT2D eigenvalue weighted by Gasteiger charge is -2.60. The van der Waals surface area contributed by atoms with Crippen LogP contribution in [0.15, 0.2) is 89.4 Å². The molecule has 5 aliphatic carbocycles. The van der Waals surface area contributed by atoms with E-state index in [0.717, 1.165) is 17.7 Å². The fourth-order valence-corrected chi connectivity index (χ4v) is 16.1. The van der Waals surface area contributed by atoms with Gasteiger partial charge in [-0.2, -0.15) is 0 Å². The number of benzene rings is 4. The number of anilines is 5. The molecule has 3 heterocycles. The lowest BCUT2D eigenvalue weighted by Crippen LogP contribution is -2.64. The Hall–Kier alpha value is -4.44. The third-order valence-electron chi connectivity index (χ3n) is 21.1. The van der Waals surface area contributed by atoms with Crippen LogP contribution in [0.5, 0.6) is 0 Å². The third kappa shape index (κ3) is 7.14. The van der Waals surface area contributed by atoms with E-state index < -0.39 is 0 Å². The Bertz CT molecular complexity index is 3090. The second-order valence-electron chi connectivity index (χ2n) is 29.5. The maximum absolute atomic E-state index is 7.61. The van der Waals surface area contributed by atoms with Crippen LogP contribution in [0, 0.1) is 41.4 Å². The van der Waals surface area contributed by atoms with Gasteiger partial charge in [-0.1, -0.05) is 146 Å². The van der Waals surface area contributed by atoms with Crippen LogP contribution in [-0.4, -0.2) is 12.8 Å². The molecule has 5 atom stereocenters. The Morgan fingerprint density at radius 3 is 1.85 bits per heavy atom. The van der Waals surface area contributed by atoms with Gasteiger partial charge in [-0.3, -0.25) is 0 Å². The van der Waals surface area contributed by atoms with Gasteiger partial charge in [-0.25, -0.2) is 0 Å². The zero-order chi connectivity index (χ0) is 50.3. The van der Waals surface area contributed by atoms with Gasteiger partial charge in [0.15, 0.2) is 0 Å². The van der Waals surface area contributed by atoms with Gasteiger partial charge in [0, 0.05) is 34.2 Å². The number of aryl methyl sites for hydroxylation is 1. The summed E-state index contributed by atoms with van der Waals surface area (Å²) in [6, 6.07) is 25.7. The maximum atomic E-state index is 7.61. The molecule has 71 heavy (non-hydrogen) atoms. The molecule has 0 amide bonds. The van der Waals surface area contributed by atoms with Crippen molar-refractivity contribution in [3.63, 3.8) is 0 Å². The zero-order valence-electron chi connectivity index (χ0n) is 46.7. The first-order chi connectivity index (χ1) is 33.2. The Morgan fingerprint density at radius 2 is 1.21 bits per heavy atom. The minimum Gasteiger partial charge on any atom is -0.468 e. The molecule has 1 aromatic heterocycles. The Morgan fingerprint density at radius 1 is 0.606 bits per heavy atom. The second kappa shape index (κ2) is 15.3. The molecule has 3 nitrogen and oxygen atoms in total. The van der Waals surface area contributed by atoms with E-state index in [-0.39, 0.29) is 39.2 Å². The molecule has 0 radical (unpaired) electrons. The summed E-state index contributed by atoms with van der Waals surface area (Å²) in [5.41, 5.74) is 21.3. The fraction of sp³-hybridized carbons (Fsp3) is 0.552. The number of hydrogen-bond donors (Lipinski definition) is 0. The average molecular weight is 945 g/mol. The van der Waals surface area contributed by atoms with E-state index in [1.54, 1.807) is 5.56 Å². The summed E-state index contributed by atoms with van der Waals surface area (Å²) in [5.74, 6) is 2.35. The summed E-state index contributed by atoms with van der Waals surface area (Å²) in [7, 11) is 0. The van der Waals surface area contributed by atoms with E-state index in [1.165, 1.54) is 124 Å². The van der Waals surface area contributed by atoms with Crippen LogP contribution in [0.4, 0.5) is 28.4 Å². The molecular formula is C67H85BN2O. The zero-order valence-corrected chi connectivity index (χ0v) is 46.7. The van der Waals surface area contributed by atoms with Gasteiger partial charge >= 0.3 is 0 Å². The first-order valence-electron chi connectivity index (χ1n) is 28.2. The van der Waals surface area contributed by atoms with Crippen LogP contribution in [0.25, 0.3) is 11.0 Å². The highest BCUT2D eigenvalue weighted by Crippen LogP contribution is 2.62. The molecule has 0 spiro atoms. The summed E-state index contributed by atoms with van der Waals surface area (Å²) in [4.78, 5) is 5.71. The monoisotopic (exact) mass is 945 g/mol. The molecule has 4 heteroatoms. The van der Waals surface area contributed by atoms with Gasteiger partial charge in [0.25, 0.3) is 6.71 Å². The van der Waals surface area contributed by atoms with Crippen LogP contribution < -0.4 is 26.4 Å². The van der Waals surface area contributed by atoms with Crippen molar-refractivity contribution >= 4 is 62.7 Å². The molecule has 5 unspecified atom stereocenters. The van der Waals surface area contributed by atoms with Crippen LogP contribution in [0.3, 0.4) is 0 Å². The summed E-state index contributed by atoms with van der Waals surface area (Å²) >= 11 is 0. The van der Waals surface area contributed by atoms with Crippen LogP contribution >= 0.6 is 0 Å². The first-order valence-corrected chi connectivity index (χ1v) is 28.2. The molecule has 4 aromatic carbocycles. The molecular weight excluding hydrogens is 860 g/mol. The molecule has 0 bridgehead atoms. The number of rotatable bonds is 3. The predicted octanol–water partition coefficient (Wildman–Crippen LogP) is 16.5. The van der Waals surface area contributed by atoms with Crippen molar-refractivity contribution in [3.8, 4) is 0 Å². The lowest BCUT2D eigenvalue weighted by atomic mass is 9.35. The molecule has 7 aliphatic rings. The average Bonchev–Trinajstić information content (AvgIpc) is 3.69. The molecule has 2 aliphatic heterocycles. The van der Waals surface area contributed by atoms with Crippen molar-refractivity contribution in [3.05, 3.63) is 118 Å². The quantitative estimate of drug-likeness (QED) is 0.165. The van der Waals surface area contributed by atoms with Gasteiger partial charge in [-0.15, -0.1) is 0 Å².